The molecule has 0 saturated carbocycles. The summed E-state index contributed by atoms with van der Waals surface area (Å²) in [5, 5.41) is 5.29. The fraction of sp³-hybridized carbons (Fsp3) is 0.400. The second kappa shape index (κ2) is 7.83. The van der Waals surface area contributed by atoms with E-state index < -0.39 is 6.03 Å². The molecule has 2 amide bonds. The second-order valence-electron chi connectivity index (χ2n) is 3.02. The van der Waals surface area contributed by atoms with Crippen LogP contribution in [0.2, 0.25) is 5.15 Å². The van der Waals surface area contributed by atoms with Crippen LogP contribution in [0.25, 0.3) is 0 Å². The van der Waals surface area contributed by atoms with Crippen molar-refractivity contribution >= 4 is 23.3 Å². The lowest BCUT2D eigenvalue weighted by Gasteiger charge is -2.08. The highest BCUT2D eigenvalue weighted by Gasteiger charge is 2.04. The van der Waals surface area contributed by atoms with Gasteiger partial charge in [0.2, 0.25) is 0 Å². The minimum atomic E-state index is -0.405. The molecule has 6 nitrogen and oxygen atoms in total. The Kier molecular flexibility index (Phi) is 6.31. The number of ether oxygens (including phenoxy) is 2. The van der Waals surface area contributed by atoms with E-state index in [2.05, 4.69) is 15.6 Å². The maximum atomic E-state index is 11.4. The summed E-state index contributed by atoms with van der Waals surface area (Å²) in [6.45, 7) is 1.01. The number of carbonyl (C=O) groups is 1. The Morgan fingerprint density at radius 3 is 3.06 bits per heavy atom. The lowest BCUT2D eigenvalue weighted by Crippen LogP contribution is -2.31. The van der Waals surface area contributed by atoms with Crippen LogP contribution < -0.4 is 10.6 Å². The third kappa shape index (κ3) is 5.48. The van der Waals surface area contributed by atoms with E-state index in [0.717, 1.165) is 0 Å². The van der Waals surface area contributed by atoms with Crippen molar-refractivity contribution in [3.63, 3.8) is 0 Å². The summed E-state index contributed by atoms with van der Waals surface area (Å²) < 4.78 is 9.85. The van der Waals surface area contributed by atoms with Gasteiger partial charge in [-0.25, -0.2) is 9.78 Å². The number of hydrogen-bond acceptors (Lipinski definition) is 4. The van der Waals surface area contributed by atoms with Crippen molar-refractivity contribution < 1.29 is 14.3 Å². The molecule has 0 aliphatic rings. The van der Waals surface area contributed by atoms with Gasteiger partial charge in [-0.2, -0.15) is 0 Å². The number of methoxy groups -OCH3 is 1. The zero-order valence-corrected chi connectivity index (χ0v) is 10.2. The number of pyridine rings is 1. The molecule has 2 N–H and O–H groups in total. The summed E-state index contributed by atoms with van der Waals surface area (Å²) >= 11 is 5.77. The quantitative estimate of drug-likeness (QED) is 0.461. The Hall–Kier alpha value is -1.37. The van der Waals surface area contributed by atoms with Gasteiger partial charge in [-0.05, 0) is 12.1 Å². The molecule has 0 aliphatic carbocycles. The van der Waals surface area contributed by atoms with Crippen LogP contribution in [-0.4, -0.2) is 38.1 Å². The van der Waals surface area contributed by atoms with Gasteiger partial charge in [-0.1, -0.05) is 11.6 Å². The molecular weight excluding hydrogens is 246 g/mol. The minimum Gasteiger partial charge on any atom is -0.382 e. The van der Waals surface area contributed by atoms with Crippen LogP contribution in [0, 0.1) is 0 Å². The first-order chi connectivity index (χ1) is 8.24. The number of aromatic nitrogens is 1. The number of hydrogen-bond donors (Lipinski definition) is 2. The highest BCUT2D eigenvalue weighted by molar-refractivity contribution is 6.32. The molecule has 0 unspecified atom stereocenters. The van der Waals surface area contributed by atoms with Gasteiger partial charge in [-0.15, -0.1) is 0 Å². The summed E-state index contributed by atoms with van der Waals surface area (Å²) in [5.74, 6) is 0. The maximum absolute atomic E-state index is 11.4. The molecule has 0 bridgehead atoms. The summed E-state index contributed by atoms with van der Waals surface area (Å²) in [4.78, 5) is 15.2. The number of halogens is 1. The van der Waals surface area contributed by atoms with Crippen molar-refractivity contribution in [3.8, 4) is 0 Å². The van der Waals surface area contributed by atoms with E-state index in [0.29, 0.717) is 18.9 Å². The van der Waals surface area contributed by atoms with Gasteiger partial charge >= 0.3 is 6.03 Å². The molecular formula is C10H14ClN3O3. The summed E-state index contributed by atoms with van der Waals surface area (Å²) in [5.41, 5.74) is 0.448. The van der Waals surface area contributed by atoms with E-state index in [9.17, 15) is 4.79 Å². The zero-order chi connectivity index (χ0) is 12.5. The van der Waals surface area contributed by atoms with Gasteiger partial charge in [0.05, 0.1) is 18.9 Å². The monoisotopic (exact) mass is 259 g/mol. The highest BCUT2D eigenvalue weighted by atomic mass is 35.5. The standard InChI is InChI=1S/C10H14ClN3O3/c1-16-5-6-17-7-13-10(15)14-8-3-2-4-12-9(8)11/h2-4H,5-7H2,1H3,(H2,13,14,15). The van der Waals surface area contributed by atoms with Crippen molar-refractivity contribution in [3.05, 3.63) is 23.5 Å². The number of anilines is 1. The highest BCUT2D eigenvalue weighted by Crippen LogP contribution is 2.16. The molecule has 0 saturated heterocycles. The molecule has 7 heteroatoms. The van der Waals surface area contributed by atoms with E-state index in [1.807, 2.05) is 0 Å². The van der Waals surface area contributed by atoms with Gasteiger partial charge in [0.25, 0.3) is 0 Å². The molecule has 0 aromatic carbocycles. The summed E-state index contributed by atoms with van der Waals surface area (Å²) in [7, 11) is 1.58. The van der Waals surface area contributed by atoms with Crippen molar-refractivity contribution in [2.75, 3.05) is 32.4 Å². The SMILES string of the molecule is COCCOCNC(=O)Nc1cccnc1Cl. The Bertz CT molecular complexity index is 362. The Labute approximate surface area is 104 Å². The fourth-order valence-corrected chi connectivity index (χ4v) is 1.14. The molecule has 0 fully saturated rings. The Morgan fingerprint density at radius 2 is 2.35 bits per heavy atom. The molecule has 94 valence electrons. The van der Waals surface area contributed by atoms with Crippen LogP contribution in [0.1, 0.15) is 0 Å². The van der Waals surface area contributed by atoms with Crippen LogP contribution >= 0.6 is 11.6 Å². The normalized spacial score (nSPS) is 10.0. The summed E-state index contributed by atoms with van der Waals surface area (Å²) in [6.07, 6.45) is 1.54. The van der Waals surface area contributed by atoms with Crippen molar-refractivity contribution in [2.24, 2.45) is 0 Å². The van der Waals surface area contributed by atoms with Gasteiger partial charge in [0.15, 0.2) is 5.15 Å². The minimum absolute atomic E-state index is 0.104. The first-order valence-corrected chi connectivity index (χ1v) is 5.34. The van der Waals surface area contributed by atoms with Crippen LogP contribution in [0.15, 0.2) is 18.3 Å². The lowest BCUT2D eigenvalue weighted by molar-refractivity contribution is 0.0650. The third-order valence-corrected chi connectivity index (χ3v) is 2.08. The predicted molar refractivity (Wildman–Crippen MR) is 64.1 cm³/mol. The third-order valence-electron chi connectivity index (χ3n) is 1.77. The molecule has 0 atom stereocenters. The van der Waals surface area contributed by atoms with E-state index >= 15 is 0 Å². The van der Waals surface area contributed by atoms with Gasteiger partial charge in [0.1, 0.15) is 6.73 Å². The van der Waals surface area contributed by atoms with Crippen LogP contribution in [0.3, 0.4) is 0 Å². The number of amides is 2. The topological polar surface area (TPSA) is 72.5 Å². The zero-order valence-electron chi connectivity index (χ0n) is 9.40. The number of carbonyl (C=O) groups excluding carboxylic acids is 1. The molecule has 17 heavy (non-hydrogen) atoms. The molecule has 0 radical (unpaired) electrons. The van der Waals surface area contributed by atoms with Crippen LogP contribution in [-0.2, 0) is 9.47 Å². The van der Waals surface area contributed by atoms with Crippen molar-refractivity contribution in [1.82, 2.24) is 10.3 Å². The number of urea groups is 1. The second-order valence-corrected chi connectivity index (χ2v) is 3.38. The Morgan fingerprint density at radius 1 is 1.53 bits per heavy atom. The fourth-order valence-electron chi connectivity index (χ4n) is 0.977. The lowest BCUT2D eigenvalue weighted by atomic mass is 10.4. The number of nitrogens with zero attached hydrogens (tertiary/aromatic N) is 1. The molecule has 1 aromatic rings. The largest absolute Gasteiger partial charge is 0.382 e. The van der Waals surface area contributed by atoms with Crippen LogP contribution in [0.5, 0.6) is 0 Å². The van der Waals surface area contributed by atoms with Gasteiger partial charge in [-0.3, -0.25) is 0 Å². The molecule has 1 heterocycles. The van der Waals surface area contributed by atoms with E-state index in [-0.39, 0.29) is 11.9 Å². The number of rotatable bonds is 6. The first kappa shape index (κ1) is 13.7. The number of nitrogens with one attached hydrogen (secondary N) is 2. The smallest absolute Gasteiger partial charge is 0.321 e. The van der Waals surface area contributed by atoms with Crippen molar-refractivity contribution in [2.45, 2.75) is 0 Å². The molecule has 0 aliphatic heterocycles. The van der Waals surface area contributed by atoms with Gasteiger partial charge < -0.3 is 20.1 Å². The maximum Gasteiger partial charge on any atom is 0.321 e. The van der Waals surface area contributed by atoms with E-state index in [1.54, 1.807) is 25.4 Å². The molecule has 0 spiro atoms. The average Bonchev–Trinajstić information content (AvgIpc) is 2.32. The molecule has 1 aromatic heterocycles. The van der Waals surface area contributed by atoms with Gasteiger partial charge in [0, 0.05) is 13.3 Å². The van der Waals surface area contributed by atoms with Crippen LogP contribution in [0.4, 0.5) is 10.5 Å². The molecule has 1 rings (SSSR count). The van der Waals surface area contributed by atoms with E-state index in [4.69, 9.17) is 21.1 Å². The van der Waals surface area contributed by atoms with E-state index in [1.165, 1.54) is 0 Å². The van der Waals surface area contributed by atoms with Crippen molar-refractivity contribution in [1.29, 1.82) is 0 Å². The Balaban J connectivity index is 2.23. The average molecular weight is 260 g/mol. The first-order valence-electron chi connectivity index (χ1n) is 4.96. The summed E-state index contributed by atoms with van der Waals surface area (Å²) in [6, 6.07) is 2.93. The predicted octanol–water partition coefficient (Wildman–Crippen LogP) is 1.48.